The third-order valence-corrected chi connectivity index (χ3v) is 6.41. The molecule has 0 aliphatic rings. The van der Waals surface area contributed by atoms with Gasteiger partial charge in [0.2, 0.25) is 0 Å². The molecule has 1 heterocycles. The number of aromatic amines is 1. The topological polar surface area (TPSA) is 25.0 Å². The van der Waals surface area contributed by atoms with Crippen LogP contribution in [0.3, 0.4) is 0 Å². The van der Waals surface area contributed by atoms with Crippen LogP contribution in [-0.2, 0) is 30.6 Å². The van der Waals surface area contributed by atoms with Crippen molar-refractivity contribution in [1.29, 1.82) is 0 Å². The van der Waals surface area contributed by atoms with E-state index in [-0.39, 0.29) is 0 Å². The lowest BCUT2D eigenvalue weighted by atomic mass is 10.1. The number of benzene rings is 4. The Kier molecular flexibility index (Phi) is 17.3. The minimum Gasteiger partial charge on any atom is -0.377 e. The Bertz CT molecular complexity index is 1200. The second-order valence-corrected chi connectivity index (χ2v) is 9.66. The van der Waals surface area contributed by atoms with Crippen molar-refractivity contribution in [3.8, 4) is 0 Å². The summed E-state index contributed by atoms with van der Waals surface area (Å²) >= 11 is 0. The molecular weight excluding hydrogens is 486 g/mol. The lowest BCUT2D eigenvalue weighted by molar-refractivity contribution is 0.134. The number of aromatic nitrogens is 1. The summed E-state index contributed by atoms with van der Waals surface area (Å²) < 4.78 is 5.22. The molecule has 0 unspecified atom stereocenters. The maximum atomic E-state index is 5.22. The second kappa shape index (κ2) is 21.2. The highest BCUT2D eigenvalue weighted by molar-refractivity contribution is 5.82. The number of hydrogen-bond donors (Lipinski definition) is 1. The predicted octanol–water partition coefficient (Wildman–Crippen LogP) is 10.6. The van der Waals surface area contributed by atoms with Crippen LogP contribution in [0.1, 0.15) is 69.2 Å². The SMILES string of the molecule is CCCCc1ccccc1.CCCc1ccccc1.CCOCc1ccccc1.CCc1c[nH]c2ccccc12. The van der Waals surface area contributed by atoms with E-state index in [1.54, 1.807) is 0 Å². The average Bonchev–Trinajstić information content (AvgIpc) is 3.45. The van der Waals surface area contributed by atoms with Crippen molar-refractivity contribution in [2.24, 2.45) is 0 Å². The molecule has 2 nitrogen and oxygen atoms in total. The monoisotopic (exact) mass is 535 g/mol. The third kappa shape index (κ3) is 13.4. The Morgan fingerprint density at radius 2 is 1.07 bits per heavy atom. The molecule has 0 saturated carbocycles. The maximum Gasteiger partial charge on any atom is 0.0716 e. The van der Waals surface area contributed by atoms with Gasteiger partial charge in [-0.3, -0.25) is 0 Å². The lowest BCUT2D eigenvalue weighted by Gasteiger charge is -1.98. The number of aryl methyl sites for hydroxylation is 3. The van der Waals surface area contributed by atoms with Crippen LogP contribution < -0.4 is 0 Å². The molecule has 0 amide bonds. The van der Waals surface area contributed by atoms with Gasteiger partial charge < -0.3 is 9.72 Å². The van der Waals surface area contributed by atoms with Crippen molar-refractivity contribution in [3.05, 3.63) is 144 Å². The molecule has 0 atom stereocenters. The fourth-order valence-corrected chi connectivity index (χ4v) is 4.18. The van der Waals surface area contributed by atoms with E-state index >= 15 is 0 Å². The zero-order valence-electron chi connectivity index (χ0n) is 25.1. The van der Waals surface area contributed by atoms with Crippen LogP contribution in [0.4, 0.5) is 0 Å². The van der Waals surface area contributed by atoms with E-state index < -0.39 is 0 Å². The van der Waals surface area contributed by atoms with Crippen LogP contribution in [-0.4, -0.2) is 11.6 Å². The number of ether oxygens (including phenoxy) is 1. The molecule has 0 radical (unpaired) electrons. The maximum absolute atomic E-state index is 5.22. The van der Waals surface area contributed by atoms with Crippen LogP contribution in [0, 0.1) is 0 Å². The van der Waals surface area contributed by atoms with E-state index in [1.165, 1.54) is 65.3 Å². The molecule has 2 heteroatoms. The number of hydrogen-bond acceptors (Lipinski definition) is 1. The number of fused-ring (bicyclic) bond motifs is 1. The quantitative estimate of drug-likeness (QED) is 0.199. The van der Waals surface area contributed by atoms with E-state index in [4.69, 9.17) is 4.74 Å². The summed E-state index contributed by atoms with van der Waals surface area (Å²) in [7, 11) is 0. The van der Waals surface area contributed by atoms with Crippen LogP contribution in [0.25, 0.3) is 10.9 Å². The minimum atomic E-state index is 0.733. The summed E-state index contributed by atoms with van der Waals surface area (Å²) in [6, 6.07) is 39.8. The van der Waals surface area contributed by atoms with Gasteiger partial charge >= 0.3 is 0 Å². The van der Waals surface area contributed by atoms with Gasteiger partial charge in [0.15, 0.2) is 0 Å². The second-order valence-electron chi connectivity index (χ2n) is 9.66. The third-order valence-electron chi connectivity index (χ3n) is 6.41. The summed E-state index contributed by atoms with van der Waals surface area (Å²) in [6.45, 7) is 10.1. The molecule has 5 rings (SSSR count). The Balaban J connectivity index is 0.000000187. The van der Waals surface area contributed by atoms with Crippen molar-refractivity contribution in [2.45, 2.75) is 72.8 Å². The van der Waals surface area contributed by atoms with E-state index in [0.29, 0.717) is 0 Å². The molecule has 0 bridgehead atoms. The Morgan fingerprint density at radius 1 is 0.550 bits per heavy atom. The van der Waals surface area contributed by atoms with Gasteiger partial charge in [0, 0.05) is 23.7 Å². The van der Waals surface area contributed by atoms with Crippen molar-refractivity contribution in [1.82, 2.24) is 4.98 Å². The van der Waals surface area contributed by atoms with Crippen molar-refractivity contribution < 1.29 is 4.74 Å². The van der Waals surface area contributed by atoms with E-state index in [0.717, 1.165) is 19.6 Å². The average molecular weight is 536 g/mol. The van der Waals surface area contributed by atoms with Gasteiger partial charge in [-0.25, -0.2) is 0 Å². The molecule has 1 aromatic heterocycles. The molecular formula is C38H49NO. The highest BCUT2D eigenvalue weighted by atomic mass is 16.5. The Hall–Kier alpha value is -3.62. The largest absolute Gasteiger partial charge is 0.377 e. The van der Waals surface area contributed by atoms with Gasteiger partial charge in [-0.15, -0.1) is 0 Å². The van der Waals surface area contributed by atoms with Crippen molar-refractivity contribution in [2.75, 3.05) is 6.61 Å². The number of H-pyrrole nitrogens is 1. The van der Waals surface area contributed by atoms with Crippen molar-refractivity contribution >= 4 is 10.9 Å². The summed E-state index contributed by atoms with van der Waals surface area (Å²) in [5.41, 5.74) is 6.79. The first-order valence-corrected chi connectivity index (χ1v) is 15.0. The minimum absolute atomic E-state index is 0.733. The zero-order chi connectivity index (χ0) is 28.7. The number of nitrogens with one attached hydrogen (secondary N) is 1. The fraction of sp³-hybridized carbons (Fsp3) is 0.316. The van der Waals surface area contributed by atoms with Gasteiger partial charge in [-0.05, 0) is 60.9 Å². The number of unbranched alkanes of at least 4 members (excludes halogenated alkanes) is 1. The summed E-state index contributed by atoms with van der Waals surface area (Å²) in [5.74, 6) is 0. The van der Waals surface area contributed by atoms with Crippen molar-refractivity contribution in [3.63, 3.8) is 0 Å². The summed E-state index contributed by atoms with van der Waals surface area (Å²) in [4.78, 5) is 3.24. The Labute approximate surface area is 243 Å². The van der Waals surface area contributed by atoms with Gasteiger partial charge in [0.25, 0.3) is 0 Å². The van der Waals surface area contributed by atoms with Gasteiger partial charge in [-0.1, -0.05) is 143 Å². The molecule has 5 aromatic rings. The van der Waals surface area contributed by atoms with Crippen LogP contribution in [0.2, 0.25) is 0 Å². The molecule has 0 spiro atoms. The molecule has 0 fully saturated rings. The molecule has 0 aliphatic carbocycles. The molecule has 40 heavy (non-hydrogen) atoms. The molecule has 0 saturated heterocycles. The van der Waals surface area contributed by atoms with Gasteiger partial charge in [0.05, 0.1) is 6.61 Å². The summed E-state index contributed by atoms with van der Waals surface area (Å²) in [6.07, 6.45) is 9.47. The van der Waals surface area contributed by atoms with E-state index in [2.05, 4.69) is 129 Å². The first-order chi connectivity index (χ1) is 19.7. The van der Waals surface area contributed by atoms with Gasteiger partial charge in [0.1, 0.15) is 0 Å². The number of para-hydroxylation sites is 1. The first-order valence-electron chi connectivity index (χ1n) is 15.0. The van der Waals surface area contributed by atoms with Crippen LogP contribution in [0.5, 0.6) is 0 Å². The molecule has 212 valence electrons. The fourth-order valence-electron chi connectivity index (χ4n) is 4.18. The van der Waals surface area contributed by atoms with Crippen LogP contribution in [0.15, 0.2) is 121 Å². The van der Waals surface area contributed by atoms with E-state index in [1.807, 2.05) is 25.1 Å². The Morgan fingerprint density at radius 3 is 1.60 bits per heavy atom. The first kappa shape index (κ1) is 32.6. The van der Waals surface area contributed by atoms with E-state index in [9.17, 15) is 0 Å². The number of rotatable bonds is 9. The normalized spacial score (nSPS) is 9.90. The molecule has 4 aromatic carbocycles. The molecule has 0 aliphatic heterocycles. The summed E-state index contributed by atoms with van der Waals surface area (Å²) in [5, 5.41) is 1.36. The highest BCUT2D eigenvalue weighted by Crippen LogP contribution is 2.17. The standard InChI is InChI=1S/C10H11N.C10H14.C9H12O.C9H12/c1-2-8-7-11-10-6-4-3-5-9(8)10;1-2-3-7-10-8-5-4-6-9-10;1-2-10-8-9-6-4-3-5-7-9;1-2-6-9-7-4-3-5-8-9/h3-7,11H,2H2,1H3;4-6,8-9H,2-3,7H2,1H3;3-7H,2,8H2,1H3;3-5,7-8H,2,6H2,1H3. The van der Waals surface area contributed by atoms with Crippen LogP contribution >= 0.6 is 0 Å². The smallest absolute Gasteiger partial charge is 0.0716 e. The lowest BCUT2D eigenvalue weighted by Crippen LogP contribution is -1.90. The predicted molar refractivity (Wildman–Crippen MR) is 175 cm³/mol. The highest BCUT2D eigenvalue weighted by Gasteiger charge is 1.98. The van der Waals surface area contributed by atoms with Gasteiger partial charge in [-0.2, -0.15) is 0 Å². The molecule has 1 N–H and O–H groups in total. The zero-order valence-corrected chi connectivity index (χ0v) is 25.1.